The van der Waals surface area contributed by atoms with Crippen molar-refractivity contribution in [2.24, 2.45) is 13.0 Å². The average molecular weight is 650 g/mol. The molecule has 48 heavy (non-hydrogen) atoms. The van der Waals surface area contributed by atoms with Gasteiger partial charge in [0, 0.05) is 99.3 Å². The molecule has 0 saturated carbocycles. The molecule has 12 nitrogen and oxygen atoms in total. The number of rotatable bonds is 6. The van der Waals surface area contributed by atoms with Crippen molar-refractivity contribution in [3.8, 4) is 5.75 Å². The number of ketones is 1. The number of urea groups is 1. The molecule has 0 spiro atoms. The number of morpholine rings is 1. The molecular formula is C36H39N7O5. The molecule has 2 N–H and O–H groups in total. The Labute approximate surface area is 278 Å². The highest BCUT2D eigenvalue weighted by atomic mass is 16.5. The van der Waals surface area contributed by atoms with E-state index in [9.17, 15) is 14.4 Å². The lowest BCUT2D eigenvalue weighted by Gasteiger charge is -2.34. The van der Waals surface area contributed by atoms with Crippen molar-refractivity contribution in [1.29, 1.82) is 0 Å². The van der Waals surface area contributed by atoms with Crippen molar-refractivity contribution in [2.75, 3.05) is 73.9 Å². The second kappa shape index (κ2) is 13.0. The Morgan fingerprint density at radius 1 is 0.938 bits per heavy atom. The second-order valence-electron chi connectivity index (χ2n) is 12.6. The van der Waals surface area contributed by atoms with Crippen LogP contribution in [0.3, 0.4) is 0 Å². The molecule has 0 unspecified atom stereocenters. The van der Waals surface area contributed by atoms with Gasteiger partial charge in [0.25, 0.3) is 0 Å². The van der Waals surface area contributed by atoms with Crippen LogP contribution in [0.1, 0.15) is 28.8 Å². The Morgan fingerprint density at radius 3 is 2.38 bits per heavy atom. The molecule has 0 radical (unpaired) electrons. The Hall–Kier alpha value is -5.36. The number of nitrogens with zero attached hydrogens (tertiary/aromatic N) is 5. The number of pyridine rings is 1. The summed E-state index contributed by atoms with van der Waals surface area (Å²) >= 11 is 0. The summed E-state index contributed by atoms with van der Waals surface area (Å²) in [6.45, 7) is 4.59. The third kappa shape index (κ3) is 6.18. The standard InChI is InChI=1S/C36H39N7O5/c1-40(2)35(45)23-11-14-43(15-12-23)29-10-13-37-34-32(29)24(22-41(34)3)20-31-33(44)28-21-26(6-9-30(28)48-31)39-36(46)38-25-4-7-27(8-5-25)42-16-18-47-19-17-42/h4-10,13,20-23H,11-12,14-19H2,1-3H3,(H2,38,39,46). The Bertz CT molecular complexity index is 1900. The summed E-state index contributed by atoms with van der Waals surface area (Å²) in [5, 5.41) is 6.60. The van der Waals surface area contributed by atoms with Gasteiger partial charge in [-0.2, -0.15) is 0 Å². The van der Waals surface area contributed by atoms with Gasteiger partial charge in [-0.25, -0.2) is 9.78 Å². The van der Waals surface area contributed by atoms with E-state index in [4.69, 9.17) is 9.47 Å². The highest BCUT2D eigenvalue weighted by Gasteiger charge is 2.30. The summed E-state index contributed by atoms with van der Waals surface area (Å²) in [6.07, 6.45) is 7.05. The maximum Gasteiger partial charge on any atom is 0.323 e. The zero-order chi connectivity index (χ0) is 33.4. The zero-order valence-corrected chi connectivity index (χ0v) is 27.4. The molecule has 3 aliphatic heterocycles. The molecule has 7 rings (SSSR count). The summed E-state index contributed by atoms with van der Waals surface area (Å²) < 4.78 is 13.4. The number of ether oxygens (including phenoxy) is 2. The molecule has 2 saturated heterocycles. The van der Waals surface area contributed by atoms with E-state index in [-0.39, 0.29) is 23.4 Å². The Morgan fingerprint density at radius 2 is 1.65 bits per heavy atom. The van der Waals surface area contributed by atoms with Gasteiger partial charge in [0.1, 0.15) is 11.4 Å². The third-order valence-corrected chi connectivity index (χ3v) is 9.20. The number of fused-ring (bicyclic) bond motifs is 2. The number of piperidine rings is 1. The van der Waals surface area contributed by atoms with Crippen LogP contribution in [-0.4, -0.2) is 85.7 Å². The summed E-state index contributed by atoms with van der Waals surface area (Å²) in [4.78, 5) is 49.8. The van der Waals surface area contributed by atoms with Crippen LogP contribution in [0.2, 0.25) is 0 Å². The van der Waals surface area contributed by atoms with Crippen LogP contribution in [0.25, 0.3) is 17.1 Å². The molecule has 0 atom stereocenters. The van der Waals surface area contributed by atoms with Crippen molar-refractivity contribution in [3.63, 3.8) is 0 Å². The Balaban J connectivity index is 1.05. The number of nitrogens with one attached hydrogen (secondary N) is 2. The zero-order valence-electron chi connectivity index (χ0n) is 27.4. The lowest BCUT2D eigenvalue weighted by atomic mass is 9.95. The number of carbonyl (C=O) groups is 3. The van der Waals surface area contributed by atoms with Crippen molar-refractivity contribution in [1.82, 2.24) is 14.5 Å². The summed E-state index contributed by atoms with van der Waals surface area (Å²) in [7, 11) is 5.53. The number of carbonyl (C=O) groups excluding carboxylic acids is 3. The highest BCUT2D eigenvalue weighted by molar-refractivity contribution is 6.16. The van der Waals surface area contributed by atoms with Crippen LogP contribution in [0, 0.1) is 5.92 Å². The van der Waals surface area contributed by atoms with E-state index in [0.29, 0.717) is 35.9 Å². The monoisotopic (exact) mass is 649 g/mol. The SMILES string of the molecule is CN(C)C(=O)C1CCN(c2ccnc3c2c(C=C2Oc4ccc(NC(=O)Nc5ccc(N6CCOCC6)cc5)cc4C2=O)cn3C)CC1. The van der Waals surface area contributed by atoms with Crippen LogP contribution in [0.5, 0.6) is 5.75 Å². The minimum Gasteiger partial charge on any atom is -0.452 e. The normalized spacial score (nSPS) is 17.4. The van der Waals surface area contributed by atoms with Crippen molar-refractivity contribution < 1.29 is 23.9 Å². The molecule has 12 heteroatoms. The van der Waals surface area contributed by atoms with E-state index in [1.807, 2.05) is 48.1 Å². The van der Waals surface area contributed by atoms with Gasteiger partial charge < -0.3 is 39.4 Å². The lowest BCUT2D eigenvalue weighted by Crippen LogP contribution is -2.40. The van der Waals surface area contributed by atoms with E-state index in [2.05, 4.69) is 25.4 Å². The van der Waals surface area contributed by atoms with Crippen LogP contribution in [0.4, 0.5) is 27.5 Å². The summed E-state index contributed by atoms with van der Waals surface area (Å²) in [5.74, 6) is 0.556. The first-order chi connectivity index (χ1) is 23.2. The van der Waals surface area contributed by atoms with Gasteiger partial charge in [-0.3, -0.25) is 9.59 Å². The molecule has 2 aromatic heterocycles. The topological polar surface area (TPSA) is 121 Å². The maximum absolute atomic E-state index is 13.6. The predicted octanol–water partition coefficient (Wildman–Crippen LogP) is 4.97. The van der Waals surface area contributed by atoms with E-state index in [1.165, 1.54) is 0 Å². The van der Waals surface area contributed by atoms with Crippen molar-refractivity contribution >= 4 is 57.6 Å². The predicted molar refractivity (Wildman–Crippen MR) is 186 cm³/mol. The molecule has 0 aliphatic carbocycles. The van der Waals surface area contributed by atoms with Crippen LogP contribution in [0.15, 0.2) is 66.7 Å². The minimum absolute atomic E-state index is 0.0199. The lowest BCUT2D eigenvalue weighted by molar-refractivity contribution is -0.133. The van der Waals surface area contributed by atoms with Gasteiger partial charge >= 0.3 is 6.03 Å². The quantitative estimate of drug-likeness (QED) is 0.281. The van der Waals surface area contributed by atoms with E-state index in [0.717, 1.165) is 67.0 Å². The first-order valence-corrected chi connectivity index (χ1v) is 16.2. The first kappa shape index (κ1) is 31.3. The van der Waals surface area contributed by atoms with Crippen LogP contribution >= 0.6 is 0 Å². The number of aryl methyl sites for hydroxylation is 1. The molecule has 248 valence electrons. The first-order valence-electron chi connectivity index (χ1n) is 16.2. The Kier molecular flexibility index (Phi) is 8.49. The molecule has 3 aliphatic rings. The fourth-order valence-electron chi connectivity index (χ4n) is 6.70. The molecule has 5 heterocycles. The molecule has 2 fully saturated rings. The molecule has 0 bridgehead atoms. The number of Topliss-reactive ketones (excluding diaryl/α,β-unsaturated/α-hetero) is 1. The third-order valence-electron chi connectivity index (χ3n) is 9.20. The number of aromatic nitrogens is 2. The number of amides is 3. The number of anilines is 4. The number of hydrogen-bond acceptors (Lipinski definition) is 8. The van der Waals surface area contributed by atoms with Crippen molar-refractivity contribution in [3.05, 3.63) is 77.8 Å². The average Bonchev–Trinajstić information content (AvgIpc) is 3.59. The fraction of sp³-hybridized carbons (Fsp3) is 0.333. The van der Waals surface area contributed by atoms with E-state index >= 15 is 0 Å². The largest absolute Gasteiger partial charge is 0.452 e. The van der Waals surface area contributed by atoms with Gasteiger partial charge in [0.2, 0.25) is 11.7 Å². The van der Waals surface area contributed by atoms with E-state index < -0.39 is 6.03 Å². The van der Waals surface area contributed by atoms with Crippen molar-refractivity contribution in [2.45, 2.75) is 12.8 Å². The fourth-order valence-corrected chi connectivity index (χ4v) is 6.70. The number of benzene rings is 2. The van der Waals surface area contributed by atoms with Gasteiger partial charge in [0.15, 0.2) is 5.76 Å². The van der Waals surface area contributed by atoms with Crippen LogP contribution in [-0.2, 0) is 16.6 Å². The molecule has 3 amide bonds. The second-order valence-corrected chi connectivity index (χ2v) is 12.6. The number of allylic oxidation sites excluding steroid dienone is 1. The summed E-state index contributed by atoms with van der Waals surface area (Å²) in [5.41, 5.74) is 5.21. The molecule has 4 aromatic rings. The maximum atomic E-state index is 13.6. The van der Waals surface area contributed by atoms with Gasteiger partial charge in [-0.1, -0.05) is 0 Å². The number of hydrogen-bond donors (Lipinski definition) is 2. The highest BCUT2D eigenvalue weighted by Crippen LogP contribution is 2.37. The van der Waals surface area contributed by atoms with Crippen LogP contribution < -0.4 is 25.2 Å². The van der Waals surface area contributed by atoms with Gasteiger partial charge in [0.05, 0.1) is 18.8 Å². The summed E-state index contributed by atoms with van der Waals surface area (Å²) in [6, 6.07) is 14.3. The smallest absolute Gasteiger partial charge is 0.323 e. The minimum atomic E-state index is -0.415. The molecule has 2 aromatic carbocycles. The molecular weight excluding hydrogens is 610 g/mol. The van der Waals surface area contributed by atoms with Gasteiger partial charge in [-0.05, 0) is 67.4 Å². The van der Waals surface area contributed by atoms with Gasteiger partial charge in [-0.15, -0.1) is 0 Å². The van der Waals surface area contributed by atoms with E-state index in [1.54, 1.807) is 49.5 Å².